The van der Waals surface area contributed by atoms with Gasteiger partial charge in [-0.25, -0.2) is 4.98 Å². The lowest BCUT2D eigenvalue weighted by Crippen LogP contribution is -2.51. The second-order valence-electron chi connectivity index (χ2n) is 5.93. The van der Waals surface area contributed by atoms with Gasteiger partial charge in [0.25, 0.3) is 0 Å². The van der Waals surface area contributed by atoms with Crippen LogP contribution >= 0.6 is 0 Å². The second kappa shape index (κ2) is 6.22. The Kier molecular flexibility index (Phi) is 4.35. The fraction of sp³-hybridized carbons (Fsp3) is 0.786. The summed E-state index contributed by atoms with van der Waals surface area (Å²) in [6.07, 6.45) is 4.03. The van der Waals surface area contributed by atoms with Gasteiger partial charge in [-0.3, -0.25) is 4.90 Å². The molecule has 2 saturated heterocycles. The van der Waals surface area contributed by atoms with Gasteiger partial charge < -0.3 is 19.5 Å². The molecule has 2 aliphatic heterocycles. The molecule has 3 rings (SSSR count). The molecule has 1 aromatic rings. The van der Waals surface area contributed by atoms with E-state index in [1.165, 1.54) is 5.69 Å². The van der Waals surface area contributed by atoms with Gasteiger partial charge >= 0.3 is 0 Å². The average molecular weight is 279 g/mol. The van der Waals surface area contributed by atoms with Crippen molar-refractivity contribution in [2.24, 2.45) is 0 Å². The van der Waals surface area contributed by atoms with Crippen LogP contribution in [0, 0.1) is 0 Å². The van der Waals surface area contributed by atoms with E-state index in [4.69, 9.17) is 4.74 Å². The van der Waals surface area contributed by atoms with Crippen molar-refractivity contribution < 1.29 is 4.74 Å². The average Bonchev–Trinajstić information content (AvgIpc) is 2.92. The normalized spacial score (nSPS) is 29.7. The number of rotatable bonds is 3. The maximum atomic E-state index is 5.85. The van der Waals surface area contributed by atoms with Crippen LogP contribution in [0.4, 0.5) is 0 Å². The van der Waals surface area contributed by atoms with Crippen LogP contribution in [0.5, 0.6) is 0 Å². The lowest BCUT2D eigenvalue weighted by Gasteiger charge is -2.38. The Hall–Kier alpha value is -0.950. The topological polar surface area (TPSA) is 45.6 Å². The highest BCUT2D eigenvalue weighted by Gasteiger charge is 2.25. The Morgan fingerprint density at radius 3 is 3.10 bits per heavy atom. The van der Waals surface area contributed by atoms with E-state index in [1.807, 2.05) is 12.5 Å². The highest BCUT2D eigenvalue weighted by Crippen LogP contribution is 2.19. The van der Waals surface area contributed by atoms with Crippen LogP contribution in [0.15, 0.2) is 12.5 Å². The van der Waals surface area contributed by atoms with Crippen molar-refractivity contribution in [2.75, 3.05) is 53.4 Å². The van der Waals surface area contributed by atoms with Gasteiger partial charge in [0.15, 0.2) is 0 Å². The third kappa shape index (κ3) is 3.03. The predicted molar refractivity (Wildman–Crippen MR) is 77.7 cm³/mol. The van der Waals surface area contributed by atoms with Crippen molar-refractivity contribution in [3.63, 3.8) is 0 Å². The zero-order valence-corrected chi connectivity index (χ0v) is 12.5. The van der Waals surface area contributed by atoms with Gasteiger partial charge in [-0.2, -0.15) is 0 Å². The van der Waals surface area contributed by atoms with Crippen LogP contribution in [0.1, 0.15) is 11.8 Å². The number of morpholine rings is 1. The first-order valence-electron chi connectivity index (χ1n) is 7.45. The number of hydrogen-bond acceptors (Lipinski definition) is 5. The summed E-state index contributed by atoms with van der Waals surface area (Å²) in [5.41, 5.74) is 1.19. The molecule has 1 aromatic heterocycles. The van der Waals surface area contributed by atoms with E-state index in [9.17, 15) is 0 Å². The molecule has 2 aliphatic rings. The molecule has 2 fully saturated rings. The lowest BCUT2D eigenvalue weighted by molar-refractivity contribution is 0.0211. The molecule has 0 saturated carbocycles. The van der Waals surface area contributed by atoms with E-state index < -0.39 is 0 Å². The molecule has 2 unspecified atom stereocenters. The summed E-state index contributed by atoms with van der Waals surface area (Å²) in [7, 11) is 4.41. The number of nitrogens with zero attached hydrogens (tertiary/aromatic N) is 4. The molecule has 6 heteroatoms. The summed E-state index contributed by atoms with van der Waals surface area (Å²) in [4.78, 5) is 9.18. The van der Waals surface area contributed by atoms with Crippen molar-refractivity contribution >= 4 is 0 Å². The standard InChI is InChI=1S/C14H25N5O/c1-17-4-5-18(2)12(9-17)10-19-11-16-7-13(19)14-8-15-3-6-20-14/h7,11-12,14-15H,3-6,8-10H2,1-2H3. The van der Waals surface area contributed by atoms with Gasteiger partial charge in [-0.15, -0.1) is 0 Å². The van der Waals surface area contributed by atoms with Crippen LogP contribution in [0.25, 0.3) is 0 Å². The van der Waals surface area contributed by atoms with Crippen molar-refractivity contribution in [3.8, 4) is 0 Å². The monoisotopic (exact) mass is 279 g/mol. The number of hydrogen-bond donors (Lipinski definition) is 1. The van der Waals surface area contributed by atoms with Crippen LogP contribution in [-0.2, 0) is 11.3 Å². The minimum Gasteiger partial charge on any atom is -0.369 e. The predicted octanol–water partition coefficient (Wildman–Crippen LogP) is -0.210. The molecule has 0 spiro atoms. The molecule has 0 aromatic carbocycles. The van der Waals surface area contributed by atoms with Crippen LogP contribution in [0.2, 0.25) is 0 Å². The maximum absolute atomic E-state index is 5.85. The Bertz CT molecular complexity index is 429. The minimum atomic E-state index is 0.137. The first-order valence-corrected chi connectivity index (χ1v) is 7.45. The van der Waals surface area contributed by atoms with Crippen molar-refractivity contribution in [3.05, 3.63) is 18.2 Å². The van der Waals surface area contributed by atoms with Crippen LogP contribution < -0.4 is 5.32 Å². The van der Waals surface area contributed by atoms with Gasteiger partial charge in [0, 0.05) is 45.3 Å². The second-order valence-corrected chi connectivity index (χ2v) is 5.93. The number of piperazine rings is 1. The SMILES string of the molecule is CN1CCN(C)C(Cn2cncc2C2CNCCO2)C1. The summed E-state index contributed by atoms with van der Waals surface area (Å²) in [6.45, 7) is 6.98. The molecule has 112 valence electrons. The van der Waals surface area contributed by atoms with E-state index in [2.05, 4.69) is 38.8 Å². The zero-order valence-electron chi connectivity index (χ0n) is 12.5. The molecule has 1 N–H and O–H groups in total. The molecule has 20 heavy (non-hydrogen) atoms. The van der Waals surface area contributed by atoms with E-state index in [0.29, 0.717) is 6.04 Å². The highest BCUT2D eigenvalue weighted by atomic mass is 16.5. The number of aromatic nitrogens is 2. The van der Waals surface area contributed by atoms with Gasteiger partial charge in [-0.05, 0) is 14.1 Å². The fourth-order valence-electron chi connectivity index (χ4n) is 3.03. The largest absolute Gasteiger partial charge is 0.369 e. The van der Waals surface area contributed by atoms with Gasteiger partial charge in [-0.1, -0.05) is 0 Å². The maximum Gasteiger partial charge on any atom is 0.111 e. The molecular weight excluding hydrogens is 254 g/mol. The summed E-state index contributed by atoms with van der Waals surface area (Å²) >= 11 is 0. The number of ether oxygens (including phenoxy) is 1. The summed E-state index contributed by atoms with van der Waals surface area (Å²) in [5.74, 6) is 0. The van der Waals surface area contributed by atoms with Crippen molar-refractivity contribution in [1.82, 2.24) is 24.7 Å². The first-order chi connectivity index (χ1) is 9.74. The Morgan fingerprint density at radius 1 is 1.40 bits per heavy atom. The van der Waals surface area contributed by atoms with Crippen molar-refractivity contribution in [1.29, 1.82) is 0 Å². The third-order valence-corrected chi connectivity index (χ3v) is 4.39. The zero-order chi connectivity index (χ0) is 13.9. The molecule has 0 amide bonds. The fourth-order valence-corrected chi connectivity index (χ4v) is 3.03. The van der Waals surface area contributed by atoms with E-state index in [0.717, 1.165) is 45.9 Å². The first kappa shape index (κ1) is 14.0. The number of nitrogens with one attached hydrogen (secondary N) is 1. The molecule has 0 aliphatic carbocycles. The number of imidazole rings is 1. The van der Waals surface area contributed by atoms with E-state index in [-0.39, 0.29) is 6.10 Å². The van der Waals surface area contributed by atoms with Crippen molar-refractivity contribution in [2.45, 2.75) is 18.7 Å². The van der Waals surface area contributed by atoms with Gasteiger partial charge in [0.2, 0.25) is 0 Å². The highest BCUT2D eigenvalue weighted by molar-refractivity contribution is 5.05. The Balaban J connectivity index is 1.69. The quantitative estimate of drug-likeness (QED) is 0.829. The molecule has 2 atom stereocenters. The summed E-state index contributed by atoms with van der Waals surface area (Å²) < 4.78 is 8.11. The lowest BCUT2D eigenvalue weighted by atomic mass is 10.1. The molecule has 6 nitrogen and oxygen atoms in total. The van der Waals surface area contributed by atoms with Crippen LogP contribution in [0.3, 0.4) is 0 Å². The molecule has 3 heterocycles. The summed E-state index contributed by atoms with van der Waals surface area (Å²) in [5, 5.41) is 3.39. The third-order valence-electron chi connectivity index (χ3n) is 4.39. The van der Waals surface area contributed by atoms with Gasteiger partial charge in [0.1, 0.15) is 6.10 Å². The molecule has 0 bridgehead atoms. The molecule has 0 radical (unpaired) electrons. The number of likely N-dealkylation sites (N-methyl/N-ethyl adjacent to an activating group) is 2. The molecular formula is C14H25N5O. The van der Waals surface area contributed by atoms with E-state index >= 15 is 0 Å². The summed E-state index contributed by atoms with van der Waals surface area (Å²) in [6, 6.07) is 0.540. The Morgan fingerprint density at radius 2 is 2.30 bits per heavy atom. The minimum absolute atomic E-state index is 0.137. The smallest absolute Gasteiger partial charge is 0.111 e. The van der Waals surface area contributed by atoms with E-state index in [1.54, 1.807) is 0 Å². The van der Waals surface area contributed by atoms with Crippen LogP contribution in [-0.4, -0.2) is 78.8 Å². The Labute approximate surface area is 120 Å². The van der Waals surface area contributed by atoms with Gasteiger partial charge in [0.05, 0.1) is 24.8 Å².